The molecule has 41 heavy (non-hydrogen) atoms. The number of ether oxygens (including phenoxy) is 2. The highest BCUT2D eigenvalue weighted by atomic mass is 79.9. The first-order valence-corrected chi connectivity index (χ1v) is 15.7. The van der Waals surface area contributed by atoms with Crippen LogP contribution in [0.2, 0.25) is 0 Å². The molecule has 4 aliphatic carbocycles. The van der Waals surface area contributed by atoms with Gasteiger partial charge >= 0.3 is 5.97 Å². The summed E-state index contributed by atoms with van der Waals surface area (Å²) in [6, 6.07) is 17.5. The number of halogens is 1. The molecule has 1 heterocycles. The molecule has 8 rings (SSSR count). The maximum atomic E-state index is 13.6. The van der Waals surface area contributed by atoms with Crippen molar-refractivity contribution in [3.63, 3.8) is 0 Å². The van der Waals surface area contributed by atoms with Crippen molar-refractivity contribution < 1.29 is 23.9 Å². The highest BCUT2D eigenvalue weighted by Gasteiger charge is 2.55. The van der Waals surface area contributed by atoms with Crippen LogP contribution in [0.5, 0.6) is 11.5 Å². The van der Waals surface area contributed by atoms with Crippen molar-refractivity contribution in [2.45, 2.75) is 45.1 Å². The number of thioether (sulfide) groups is 1. The maximum absolute atomic E-state index is 13.6. The minimum Gasteiger partial charge on any atom is -0.493 e. The zero-order chi connectivity index (χ0) is 28.3. The molecule has 0 radical (unpaired) electrons. The number of benzene rings is 3. The summed E-state index contributed by atoms with van der Waals surface area (Å²) < 4.78 is 12.3. The van der Waals surface area contributed by atoms with Gasteiger partial charge in [-0.1, -0.05) is 36.4 Å². The average Bonchev–Trinajstić information content (AvgIpc) is 3.20. The molecule has 4 bridgehead atoms. The molecule has 5 fully saturated rings. The first kappa shape index (κ1) is 26.8. The fraction of sp³-hybridized carbons (Fsp3) is 0.364. The van der Waals surface area contributed by atoms with E-state index in [1.54, 1.807) is 18.2 Å². The van der Waals surface area contributed by atoms with Gasteiger partial charge in [0.15, 0.2) is 11.5 Å². The third-order valence-electron chi connectivity index (χ3n) is 9.24. The highest BCUT2D eigenvalue weighted by molar-refractivity contribution is 9.10. The number of esters is 1. The molecule has 6 nitrogen and oxygen atoms in total. The largest absolute Gasteiger partial charge is 0.493 e. The third-order valence-corrected chi connectivity index (χ3v) is 10.7. The van der Waals surface area contributed by atoms with E-state index in [4.69, 9.17) is 9.47 Å². The van der Waals surface area contributed by atoms with Gasteiger partial charge in [-0.15, -0.1) is 0 Å². The number of carbonyl (C=O) groups excluding carboxylic acids is 3. The Morgan fingerprint density at radius 2 is 1.68 bits per heavy atom. The number of amides is 2. The number of rotatable bonds is 6. The van der Waals surface area contributed by atoms with Crippen LogP contribution >= 0.6 is 27.7 Å². The van der Waals surface area contributed by atoms with Gasteiger partial charge in [-0.05, 0) is 130 Å². The van der Waals surface area contributed by atoms with Crippen LogP contribution in [-0.2, 0) is 16.1 Å². The molecular weight excluding hydrogens is 602 g/mol. The Bertz CT molecular complexity index is 1600. The Labute approximate surface area is 251 Å². The average molecular weight is 633 g/mol. The van der Waals surface area contributed by atoms with Crippen molar-refractivity contribution in [2.24, 2.45) is 23.2 Å². The first-order chi connectivity index (χ1) is 19.8. The second-order valence-corrected chi connectivity index (χ2v) is 13.9. The van der Waals surface area contributed by atoms with E-state index in [1.807, 2.05) is 42.5 Å². The smallest absolute Gasteiger partial charge is 0.317 e. The summed E-state index contributed by atoms with van der Waals surface area (Å²) in [6.07, 6.45) is 8.20. The number of nitrogens with zero attached hydrogens (tertiary/aromatic N) is 1. The third kappa shape index (κ3) is 4.89. The summed E-state index contributed by atoms with van der Waals surface area (Å²) in [5.41, 5.74) is 1.17. The molecule has 2 amide bonds. The van der Waals surface area contributed by atoms with Crippen LogP contribution in [0.1, 0.15) is 49.7 Å². The van der Waals surface area contributed by atoms with Crippen LogP contribution in [-0.4, -0.2) is 29.1 Å². The van der Waals surface area contributed by atoms with Gasteiger partial charge in [-0.2, -0.15) is 0 Å². The Morgan fingerprint density at radius 3 is 2.37 bits per heavy atom. The number of carbonyl (C=O) groups is 3. The lowest BCUT2D eigenvalue weighted by Crippen LogP contribution is -2.51. The second kappa shape index (κ2) is 10.3. The lowest BCUT2D eigenvalue weighted by Gasteiger charge is -2.55. The minimum atomic E-state index is -0.387. The Hall–Kier alpha value is -3.10. The quantitative estimate of drug-likeness (QED) is 0.156. The van der Waals surface area contributed by atoms with Gasteiger partial charge in [-0.3, -0.25) is 19.3 Å². The van der Waals surface area contributed by atoms with Gasteiger partial charge in [-0.25, -0.2) is 0 Å². The van der Waals surface area contributed by atoms with Gasteiger partial charge < -0.3 is 9.47 Å². The van der Waals surface area contributed by atoms with Gasteiger partial charge in [0.05, 0.1) is 28.4 Å². The number of methoxy groups -OCH3 is 1. The van der Waals surface area contributed by atoms with Crippen molar-refractivity contribution in [3.05, 3.63) is 75.1 Å². The first-order valence-electron chi connectivity index (χ1n) is 14.1. The monoisotopic (exact) mass is 631 g/mol. The molecule has 8 heteroatoms. The van der Waals surface area contributed by atoms with Crippen molar-refractivity contribution in [3.8, 4) is 11.5 Å². The van der Waals surface area contributed by atoms with Crippen LogP contribution in [0.3, 0.4) is 0 Å². The maximum Gasteiger partial charge on any atom is 0.317 e. The summed E-state index contributed by atoms with van der Waals surface area (Å²) >= 11 is 4.50. The molecule has 210 valence electrons. The predicted octanol–water partition coefficient (Wildman–Crippen LogP) is 7.97. The SMILES string of the molecule is COc1cc(/C=C2\SC(=O)N(Cc3ccc4ccccc4c3)C2=O)cc(Br)c1OC(=O)C12CC3CC(CC(C3)C1)C2. The number of imide groups is 1. The molecule has 0 spiro atoms. The molecule has 0 aromatic heterocycles. The lowest BCUT2D eigenvalue weighted by molar-refractivity contribution is -0.161. The molecule has 3 aromatic carbocycles. The van der Waals surface area contributed by atoms with E-state index in [2.05, 4.69) is 15.9 Å². The molecule has 0 N–H and O–H groups in total. The molecule has 0 unspecified atom stereocenters. The topological polar surface area (TPSA) is 72.9 Å². The Kier molecular flexibility index (Phi) is 6.74. The normalized spacial score (nSPS) is 27.7. The van der Waals surface area contributed by atoms with E-state index in [0.29, 0.717) is 44.2 Å². The van der Waals surface area contributed by atoms with E-state index < -0.39 is 0 Å². The fourth-order valence-electron chi connectivity index (χ4n) is 7.79. The number of hydrogen-bond donors (Lipinski definition) is 0. The van der Waals surface area contributed by atoms with Crippen LogP contribution in [0.15, 0.2) is 64.0 Å². The van der Waals surface area contributed by atoms with Crippen molar-refractivity contribution in [2.75, 3.05) is 7.11 Å². The van der Waals surface area contributed by atoms with Crippen molar-refractivity contribution >= 4 is 61.7 Å². The number of hydrogen-bond acceptors (Lipinski definition) is 6. The summed E-state index contributed by atoms with van der Waals surface area (Å²) in [7, 11) is 1.53. The minimum absolute atomic E-state index is 0.154. The molecule has 1 aliphatic heterocycles. The van der Waals surface area contributed by atoms with E-state index >= 15 is 0 Å². The van der Waals surface area contributed by atoms with Crippen LogP contribution in [0.4, 0.5) is 4.79 Å². The summed E-state index contributed by atoms with van der Waals surface area (Å²) in [4.78, 5) is 41.3. The molecule has 4 saturated carbocycles. The fourth-order valence-corrected chi connectivity index (χ4v) is 9.17. The van der Waals surface area contributed by atoms with E-state index in [9.17, 15) is 14.4 Å². The van der Waals surface area contributed by atoms with Crippen LogP contribution in [0.25, 0.3) is 16.8 Å². The lowest BCUT2D eigenvalue weighted by atomic mass is 9.49. The molecule has 5 aliphatic rings. The van der Waals surface area contributed by atoms with Crippen molar-refractivity contribution in [1.82, 2.24) is 4.90 Å². The van der Waals surface area contributed by atoms with Crippen LogP contribution in [0, 0.1) is 23.2 Å². The van der Waals surface area contributed by atoms with Crippen molar-refractivity contribution in [1.29, 1.82) is 0 Å². The summed E-state index contributed by atoms with van der Waals surface area (Å²) in [5.74, 6) is 2.18. The standard InChI is InChI=1S/C33H30BrNO5S/c1-39-27-13-20(12-26(34)29(27)40-31(37)33-15-21-8-22(16-33)10-23(9-21)17-33)14-28-30(36)35(32(38)41-28)18-19-6-7-24-4-2-3-5-25(24)11-19/h2-7,11-14,21-23H,8-10,15-18H2,1H3/b28-14-. The molecule has 1 saturated heterocycles. The van der Waals surface area contributed by atoms with Crippen LogP contribution < -0.4 is 9.47 Å². The highest BCUT2D eigenvalue weighted by Crippen LogP contribution is 2.60. The molecule has 0 atom stereocenters. The van der Waals surface area contributed by atoms with E-state index in [0.717, 1.165) is 47.4 Å². The van der Waals surface area contributed by atoms with E-state index in [1.165, 1.54) is 31.3 Å². The molecule has 3 aromatic rings. The van der Waals surface area contributed by atoms with Gasteiger partial charge in [0, 0.05) is 0 Å². The Morgan fingerprint density at radius 1 is 1.00 bits per heavy atom. The summed E-state index contributed by atoms with van der Waals surface area (Å²) in [6.45, 7) is 0.207. The summed E-state index contributed by atoms with van der Waals surface area (Å²) in [5, 5.41) is 1.87. The van der Waals surface area contributed by atoms with Gasteiger partial charge in [0.25, 0.3) is 11.1 Å². The zero-order valence-electron chi connectivity index (χ0n) is 22.7. The zero-order valence-corrected chi connectivity index (χ0v) is 25.1. The van der Waals surface area contributed by atoms with Gasteiger partial charge in [0.2, 0.25) is 0 Å². The second-order valence-electron chi connectivity index (χ2n) is 12.1. The van der Waals surface area contributed by atoms with E-state index in [-0.39, 0.29) is 29.1 Å². The Balaban J connectivity index is 1.10. The number of fused-ring (bicyclic) bond motifs is 1. The molecular formula is C33H30BrNO5S. The van der Waals surface area contributed by atoms with Gasteiger partial charge in [0.1, 0.15) is 0 Å². The predicted molar refractivity (Wildman–Crippen MR) is 162 cm³/mol.